The third-order valence-corrected chi connectivity index (χ3v) is 8.01. The fourth-order valence-corrected chi connectivity index (χ4v) is 5.63. The van der Waals surface area contributed by atoms with Crippen molar-refractivity contribution in [3.63, 3.8) is 0 Å². The van der Waals surface area contributed by atoms with Gasteiger partial charge in [-0.05, 0) is 30.5 Å². The molecule has 9 heteroatoms. The number of sulfonamides is 1. The predicted octanol–water partition coefficient (Wildman–Crippen LogP) is 2.40. The lowest BCUT2D eigenvalue weighted by atomic mass is 10.1. The van der Waals surface area contributed by atoms with E-state index >= 15 is 0 Å². The van der Waals surface area contributed by atoms with Crippen LogP contribution in [0.4, 0.5) is 5.13 Å². The van der Waals surface area contributed by atoms with Crippen molar-refractivity contribution in [3.05, 3.63) is 40.7 Å². The molecule has 2 aliphatic rings. The predicted molar refractivity (Wildman–Crippen MR) is 99.9 cm³/mol. The highest BCUT2D eigenvalue weighted by Gasteiger charge is 2.41. The molecule has 0 N–H and O–H groups in total. The molecule has 1 saturated heterocycles. The average molecular weight is 399 g/mol. The second-order valence-electron chi connectivity index (χ2n) is 6.43. The molecule has 1 aromatic carbocycles. The molecular formula is C16H19ClN4O2S2. The van der Waals surface area contributed by atoms with E-state index in [4.69, 9.17) is 11.6 Å². The van der Waals surface area contributed by atoms with Crippen LogP contribution < -0.4 is 4.90 Å². The van der Waals surface area contributed by atoms with Gasteiger partial charge in [-0.2, -0.15) is 8.68 Å². The normalized spacial score (nSPS) is 19.3. The van der Waals surface area contributed by atoms with Gasteiger partial charge in [0, 0.05) is 49.2 Å². The average Bonchev–Trinajstić information content (AvgIpc) is 3.38. The lowest BCUT2D eigenvalue weighted by molar-refractivity contribution is 0.384. The topological polar surface area (TPSA) is 66.4 Å². The minimum Gasteiger partial charge on any atom is -0.344 e. The zero-order chi connectivity index (χ0) is 17.4. The summed E-state index contributed by atoms with van der Waals surface area (Å²) in [7, 11) is -3.07. The Labute approximate surface area is 156 Å². The molecule has 0 atom stereocenters. The smallest absolute Gasteiger partial charge is 0.217 e. The van der Waals surface area contributed by atoms with Crippen LogP contribution in [0.5, 0.6) is 0 Å². The van der Waals surface area contributed by atoms with Crippen molar-refractivity contribution in [1.82, 2.24) is 13.7 Å². The third-order valence-electron chi connectivity index (χ3n) is 4.55. The maximum Gasteiger partial charge on any atom is 0.217 e. The van der Waals surface area contributed by atoms with Crippen molar-refractivity contribution >= 4 is 38.3 Å². The molecule has 25 heavy (non-hydrogen) atoms. The van der Waals surface area contributed by atoms with Gasteiger partial charge in [-0.15, -0.1) is 0 Å². The van der Waals surface area contributed by atoms with Crippen LogP contribution in [-0.2, 0) is 16.4 Å². The second-order valence-corrected chi connectivity index (χ2v) is 9.81. The van der Waals surface area contributed by atoms with Gasteiger partial charge in [0.25, 0.3) is 0 Å². The zero-order valence-electron chi connectivity index (χ0n) is 13.6. The lowest BCUT2D eigenvalue weighted by Crippen LogP contribution is -2.49. The maximum absolute atomic E-state index is 12.3. The number of rotatable bonds is 5. The van der Waals surface area contributed by atoms with Crippen LogP contribution in [0.3, 0.4) is 0 Å². The highest BCUT2D eigenvalue weighted by molar-refractivity contribution is 7.90. The molecule has 0 unspecified atom stereocenters. The summed E-state index contributed by atoms with van der Waals surface area (Å²) >= 11 is 7.28. The largest absolute Gasteiger partial charge is 0.344 e. The van der Waals surface area contributed by atoms with E-state index in [1.54, 1.807) is 4.31 Å². The van der Waals surface area contributed by atoms with E-state index in [0.717, 1.165) is 34.4 Å². The molecule has 1 aliphatic heterocycles. The zero-order valence-corrected chi connectivity index (χ0v) is 16.0. The van der Waals surface area contributed by atoms with Gasteiger partial charge in [0.1, 0.15) is 5.82 Å². The minimum atomic E-state index is -3.07. The highest BCUT2D eigenvalue weighted by Crippen LogP contribution is 2.32. The third kappa shape index (κ3) is 3.81. The molecule has 2 heterocycles. The Hall–Kier alpha value is -1.22. The maximum atomic E-state index is 12.3. The molecule has 2 fully saturated rings. The van der Waals surface area contributed by atoms with Crippen molar-refractivity contribution in [3.8, 4) is 0 Å². The summed E-state index contributed by atoms with van der Waals surface area (Å²) in [6.07, 6.45) is 2.30. The minimum absolute atomic E-state index is 0.133. The number of hydrogen-bond acceptors (Lipinski definition) is 6. The number of nitrogens with zero attached hydrogens (tertiary/aromatic N) is 4. The van der Waals surface area contributed by atoms with Gasteiger partial charge in [0.05, 0.1) is 5.25 Å². The van der Waals surface area contributed by atoms with Gasteiger partial charge < -0.3 is 4.90 Å². The Bertz CT molecular complexity index is 841. The molecule has 1 saturated carbocycles. The molecule has 0 bridgehead atoms. The Balaban J connectivity index is 1.37. The van der Waals surface area contributed by atoms with Gasteiger partial charge >= 0.3 is 0 Å². The van der Waals surface area contributed by atoms with Crippen molar-refractivity contribution in [2.24, 2.45) is 0 Å². The van der Waals surface area contributed by atoms with E-state index in [-0.39, 0.29) is 5.25 Å². The van der Waals surface area contributed by atoms with E-state index in [1.165, 1.54) is 11.5 Å². The first kappa shape index (κ1) is 17.2. The van der Waals surface area contributed by atoms with Crippen molar-refractivity contribution in [1.29, 1.82) is 0 Å². The molecule has 0 amide bonds. The number of hydrogen-bond donors (Lipinski definition) is 0. The number of anilines is 1. The molecule has 6 nitrogen and oxygen atoms in total. The summed E-state index contributed by atoms with van der Waals surface area (Å²) in [6, 6.07) is 7.68. The Kier molecular flexibility index (Phi) is 4.70. The van der Waals surface area contributed by atoms with Crippen LogP contribution in [0.25, 0.3) is 0 Å². The fourth-order valence-electron chi connectivity index (χ4n) is 2.94. The van der Waals surface area contributed by atoms with E-state index in [2.05, 4.69) is 14.3 Å². The standard InChI is InChI=1S/C16H19ClN4O2S2/c17-13-3-1-12(2-4-13)11-15-18-16(24-19-15)20-7-9-21(10-8-20)25(22,23)14-5-6-14/h1-4,14H,5-11H2. The van der Waals surface area contributed by atoms with Crippen LogP contribution in [0.15, 0.2) is 24.3 Å². The van der Waals surface area contributed by atoms with Crippen LogP contribution in [0.2, 0.25) is 5.02 Å². The van der Waals surface area contributed by atoms with Crippen molar-refractivity contribution in [2.45, 2.75) is 24.5 Å². The first-order valence-corrected chi connectivity index (χ1v) is 11.0. The number of aromatic nitrogens is 2. The first-order chi connectivity index (χ1) is 12.0. The van der Waals surface area contributed by atoms with Crippen LogP contribution >= 0.6 is 23.1 Å². The number of benzene rings is 1. The van der Waals surface area contributed by atoms with E-state index in [9.17, 15) is 8.42 Å². The highest BCUT2D eigenvalue weighted by atomic mass is 35.5. The molecule has 1 aromatic heterocycles. The second kappa shape index (κ2) is 6.83. The molecular weight excluding hydrogens is 380 g/mol. The SMILES string of the molecule is O=S(=O)(C1CC1)N1CCN(c2nc(Cc3ccc(Cl)cc3)ns2)CC1. The summed E-state index contributed by atoms with van der Waals surface area (Å²) in [5.41, 5.74) is 1.12. The lowest BCUT2D eigenvalue weighted by Gasteiger charge is -2.33. The number of piperazine rings is 1. The molecule has 0 spiro atoms. The van der Waals surface area contributed by atoms with E-state index in [1.807, 2.05) is 24.3 Å². The van der Waals surface area contributed by atoms with Gasteiger partial charge in [0.2, 0.25) is 15.2 Å². The number of halogens is 1. The summed E-state index contributed by atoms with van der Waals surface area (Å²) in [5, 5.41) is 1.45. The Morgan fingerprint density at radius 3 is 2.44 bits per heavy atom. The fraction of sp³-hybridized carbons (Fsp3) is 0.500. The van der Waals surface area contributed by atoms with Crippen LogP contribution in [-0.4, -0.2) is 53.5 Å². The Morgan fingerprint density at radius 1 is 1.12 bits per heavy atom. The quantitative estimate of drug-likeness (QED) is 0.773. The van der Waals surface area contributed by atoms with Crippen molar-refractivity contribution in [2.75, 3.05) is 31.1 Å². The first-order valence-electron chi connectivity index (χ1n) is 8.33. The summed E-state index contributed by atoms with van der Waals surface area (Å²) in [4.78, 5) is 6.75. The van der Waals surface area contributed by atoms with E-state index in [0.29, 0.717) is 32.6 Å². The molecule has 1 aliphatic carbocycles. The van der Waals surface area contributed by atoms with E-state index < -0.39 is 10.0 Å². The summed E-state index contributed by atoms with van der Waals surface area (Å²) in [5.74, 6) is 0.787. The van der Waals surface area contributed by atoms with Gasteiger partial charge in [-0.3, -0.25) is 0 Å². The molecule has 134 valence electrons. The monoisotopic (exact) mass is 398 g/mol. The van der Waals surface area contributed by atoms with Crippen LogP contribution in [0, 0.1) is 0 Å². The van der Waals surface area contributed by atoms with Crippen LogP contribution in [0.1, 0.15) is 24.2 Å². The van der Waals surface area contributed by atoms with Crippen molar-refractivity contribution < 1.29 is 8.42 Å². The molecule has 2 aromatic rings. The van der Waals surface area contributed by atoms with Gasteiger partial charge in [-0.25, -0.2) is 13.4 Å². The van der Waals surface area contributed by atoms with Gasteiger partial charge in [-0.1, -0.05) is 23.7 Å². The van der Waals surface area contributed by atoms with Gasteiger partial charge in [0.15, 0.2) is 0 Å². The molecule has 0 radical (unpaired) electrons. The molecule has 4 rings (SSSR count). The Morgan fingerprint density at radius 2 is 1.80 bits per heavy atom. The summed E-state index contributed by atoms with van der Waals surface area (Å²) < 4.78 is 30.7. The summed E-state index contributed by atoms with van der Waals surface area (Å²) in [6.45, 7) is 2.40.